The predicted molar refractivity (Wildman–Crippen MR) is 105 cm³/mol. The number of anilines is 1. The van der Waals surface area contributed by atoms with Crippen molar-refractivity contribution < 1.29 is 14.7 Å². The summed E-state index contributed by atoms with van der Waals surface area (Å²) in [7, 11) is 0. The van der Waals surface area contributed by atoms with Gasteiger partial charge in [-0.2, -0.15) is 5.26 Å². The molecule has 0 spiro atoms. The summed E-state index contributed by atoms with van der Waals surface area (Å²) >= 11 is 7.21. The molecule has 140 valence electrons. The van der Waals surface area contributed by atoms with Crippen molar-refractivity contribution in [2.24, 2.45) is 0 Å². The highest BCUT2D eigenvalue weighted by Crippen LogP contribution is 2.29. The lowest BCUT2D eigenvalue weighted by Crippen LogP contribution is -2.23. The molecule has 6 nitrogen and oxygen atoms in total. The van der Waals surface area contributed by atoms with Crippen LogP contribution in [-0.4, -0.2) is 27.2 Å². The van der Waals surface area contributed by atoms with E-state index in [-0.39, 0.29) is 28.1 Å². The Hall–Kier alpha value is -2.56. The minimum atomic E-state index is -1.11. The largest absolute Gasteiger partial charge is 0.478 e. The van der Waals surface area contributed by atoms with E-state index in [1.807, 2.05) is 13.8 Å². The molecule has 0 saturated carbocycles. The van der Waals surface area contributed by atoms with E-state index in [2.05, 4.69) is 16.4 Å². The van der Waals surface area contributed by atoms with Gasteiger partial charge < -0.3 is 10.4 Å². The van der Waals surface area contributed by atoms with Gasteiger partial charge in [-0.15, -0.1) is 0 Å². The second-order valence-corrected chi connectivity index (χ2v) is 7.84. The zero-order valence-corrected chi connectivity index (χ0v) is 16.6. The molecule has 0 fully saturated rings. The van der Waals surface area contributed by atoms with E-state index in [0.717, 1.165) is 5.69 Å². The van der Waals surface area contributed by atoms with Crippen LogP contribution in [0.3, 0.4) is 0 Å². The molecule has 0 saturated heterocycles. The van der Waals surface area contributed by atoms with Crippen LogP contribution in [0.1, 0.15) is 48.3 Å². The summed E-state index contributed by atoms with van der Waals surface area (Å²) in [6, 6.07) is 9.66. The highest BCUT2D eigenvalue weighted by molar-refractivity contribution is 8.00. The van der Waals surface area contributed by atoms with Crippen molar-refractivity contribution >= 4 is 40.9 Å². The van der Waals surface area contributed by atoms with Crippen LogP contribution in [0.5, 0.6) is 0 Å². The Balaban J connectivity index is 2.20. The number of amides is 1. The number of hydrogen-bond donors (Lipinski definition) is 2. The van der Waals surface area contributed by atoms with Crippen LogP contribution in [0.2, 0.25) is 5.02 Å². The third-order valence-corrected chi connectivity index (χ3v) is 5.15. The second-order valence-electron chi connectivity index (χ2n) is 6.10. The van der Waals surface area contributed by atoms with Gasteiger partial charge in [0, 0.05) is 5.69 Å². The molecule has 2 N–H and O–H groups in total. The predicted octanol–water partition coefficient (Wildman–Crippen LogP) is 4.55. The Morgan fingerprint density at radius 3 is 2.56 bits per heavy atom. The zero-order valence-electron chi connectivity index (χ0n) is 15.0. The standard InChI is InChI=1S/C19H18ClN3O3S/c1-10(2)15-7-5-13(9-21)18(23-15)27-11(3)17(24)22-16-8-12(19(25)26)4-6-14(16)20/h4-8,10-11H,1-3H3,(H,22,24)(H,25,26). The summed E-state index contributed by atoms with van der Waals surface area (Å²) in [4.78, 5) is 28.1. The maximum Gasteiger partial charge on any atom is 0.335 e. The van der Waals surface area contributed by atoms with Gasteiger partial charge in [0.1, 0.15) is 11.1 Å². The molecule has 1 aromatic carbocycles. The van der Waals surface area contributed by atoms with Gasteiger partial charge >= 0.3 is 5.97 Å². The number of carbonyl (C=O) groups is 2. The second kappa shape index (κ2) is 8.89. The lowest BCUT2D eigenvalue weighted by Gasteiger charge is -2.15. The molecule has 1 aromatic heterocycles. The van der Waals surface area contributed by atoms with E-state index < -0.39 is 11.2 Å². The minimum absolute atomic E-state index is 0.0214. The molecule has 1 heterocycles. The highest BCUT2D eigenvalue weighted by atomic mass is 35.5. The Labute approximate surface area is 166 Å². The van der Waals surface area contributed by atoms with Crippen LogP contribution in [0.25, 0.3) is 0 Å². The number of nitrogens with zero attached hydrogens (tertiary/aromatic N) is 2. The first-order valence-electron chi connectivity index (χ1n) is 8.14. The summed E-state index contributed by atoms with van der Waals surface area (Å²) < 4.78 is 0. The lowest BCUT2D eigenvalue weighted by molar-refractivity contribution is -0.115. The van der Waals surface area contributed by atoms with Crippen LogP contribution in [0.15, 0.2) is 35.4 Å². The Kier molecular flexibility index (Phi) is 6.83. The maximum absolute atomic E-state index is 12.5. The molecule has 0 aliphatic carbocycles. The smallest absolute Gasteiger partial charge is 0.335 e. The number of carboxylic acid groups (broad SMARTS) is 1. The van der Waals surface area contributed by atoms with Crippen LogP contribution in [0.4, 0.5) is 5.69 Å². The van der Waals surface area contributed by atoms with Crippen molar-refractivity contribution in [2.45, 2.75) is 37.0 Å². The summed E-state index contributed by atoms with van der Waals surface area (Å²) in [6.45, 7) is 5.67. The van der Waals surface area contributed by atoms with Crippen LogP contribution < -0.4 is 5.32 Å². The van der Waals surface area contributed by atoms with E-state index in [1.165, 1.54) is 30.0 Å². The molecule has 0 aliphatic rings. The van der Waals surface area contributed by atoms with Crippen molar-refractivity contribution in [3.05, 3.63) is 52.2 Å². The maximum atomic E-state index is 12.5. The van der Waals surface area contributed by atoms with Gasteiger partial charge in [0.15, 0.2) is 0 Å². The SMILES string of the molecule is CC(Sc1nc(C(C)C)ccc1C#N)C(=O)Nc1cc(C(=O)O)ccc1Cl. The van der Waals surface area contributed by atoms with Crippen molar-refractivity contribution in [1.82, 2.24) is 4.98 Å². The Morgan fingerprint density at radius 1 is 1.26 bits per heavy atom. The molecule has 2 rings (SSSR count). The molecular weight excluding hydrogens is 386 g/mol. The fourth-order valence-electron chi connectivity index (χ4n) is 2.16. The van der Waals surface area contributed by atoms with E-state index >= 15 is 0 Å². The molecule has 27 heavy (non-hydrogen) atoms. The average molecular weight is 404 g/mol. The molecule has 0 aliphatic heterocycles. The number of aromatic carboxylic acids is 1. The third-order valence-electron chi connectivity index (χ3n) is 3.72. The summed E-state index contributed by atoms with van der Waals surface area (Å²) in [5.41, 5.74) is 1.47. The topological polar surface area (TPSA) is 103 Å². The number of nitrogens with one attached hydrogen (secondary N) is 1. The first-order valence-corrected chi connectivity index (χ1v) is 9.40. The first kappa shape index (κ1) is 20.7. The number of thioether (sulfide) groups is 1. The molecular formula is C19H18ClN3O3S. The summed E-state index contributed by atoms with van der Waals surface area (Å²) in [6.07, 6.45) is 0. The van der Waals surface area contributed by atoms with Crippen LogP contribution >= 0.6 is 23.4 Å². The normalized spacial score (nSPS) is 11.7. The first-order chi connectivity index (χ1) is 12.7. The number of nitriles is 1. The molecule has 0 bridgehead atoms. The van der Waals surface area contributed by atoms with E-state index in [0.29, 0.717) is 10.6 Å². The Bertz CT molecular complexity index is 925. The minimum Gasteiger partial charge on any atom is -0.478 e. The molecule has 1 unspecified atom stereocenters. The molecule has 1 atom stereocenters. The van der Waals surface area contributed by atoms with E-state index in [1.54, 1.807) is 19.1 Å². The van der Waals surface area contributed by atoms with Gasteiger partial charge in [0.2, 0.25) is 5.91 Å². The number of hydrogen-bond acceptors (Lipinski definition) is 5. The number of carboxylic acids is 1. The number of carbonyl (C=O) groups excluding carboxylic acids is 1. The Morgan fingerprint density at radius 2 is 1.96 bits per heavy atom. The van der Waals surface area contributed by atoms with Crippen molar-refractivity contribution in [2.75, 3.05) is 5.32 Å². The summed E-state index contributed by atoms with van der Waals surface area (Å²) in [5, 5.41) is 21.1. The monoisotopic (exact) mass is 403 g/mol. The van der Waals surface area contributed by atoms with Crippen molar-refractivity contribution in [3.63, 3.8) is 0 Å². The molecule has 0 radical (unpaired) electrons. The zero-order chi connectivity index (χ0) is 20.1. The van der Waals surface area contributed by atoms with Gasteiger partial charge in [0.05, 0.1) is 27.1 Å². The van der Waals surface area contributed by atoms with Crippen molar-refractivity contribution in [3.8, 4) is 6.07 Å². The van der Waals surface area contributed by atoms with E-state index in [4.69, 9.17) is 16.7 Å². The van der Waals surface area contributed by atoms with Gasteiger partial charge in [-0.05, 0) is 43.2 Å². The van der Waals surface area contributed by atoms with Gasteiger partial charge in [-0.25, -0.2) is 9.78 Å². The fraction of sp³-hybridized carbons (Fsp3) is 0.263. The van der Waals surface area contributed by atoms with Crippen LogP contribution in [0, 0.1) is 11.3 Å². The number of rotatable bonds is 6. The molecule has 2 aromatic rings. The number of aromatic nitrogens is 1. The fourth-order valence-corrected chi connectivity index (χ4v) is 3.23. The van der Waals surface area contributed by atoms with Crippen molar-refractivity contribution in [1.29, 1.82) is 5.26 Å². The highest BCUT2D eigenvalue weighted by Gasteiger charge is 2.20. The van der Waals surface area contributed by atoms with Gasteiger partial charge in [-0.1, -0.05) is 37.2 Å². The quantitative estimate of drug-likeness (QED) is 0.686. The third kappa shape index (κ3) is 5.22. The number of halogens is 1. The molecule has 8 heteroatoms. The van der Waals surface area contributed by atoms with Crippen LogP contribution in [-0.2, 0) is 4.79 Å². The van der Waals surface area contributed by atoms with Gasteiger partial charge in [0.25, 0.3) is 0 Å². The average Bonchev–Trinajstić information content (AvgIpc) is 2.62. The summed E-state index contributed by atoms with van der Waals surface area (Å²) in [5.74, 6) is -1.29. The van der Waals surface area contributed by atoms with Gasteiger partial charge in [-0.3, -0.25) is 4.79 Å². The molecule has 1 amide bonds. The van der Waals surface area contributed by atoms with E-state index in [9.17, 15) is 14.9 Å². The number of benzene rings is 1. The number of pyridine rings is 1. The lowest BCUT2D eigenvalue weighted by atomic mass is 10.1.